The summed E-state index contributed by atoms with van der Waals surface area (Å²) in [5.41, 5.74) is 0. The highest BCUT2D eigenvalue weighted by molar-refractivity contribution is 4.81. The molecule has 2 aliphatic heterocycles. The Morgan fingerprint density at radius 3 is 3.00 bits per heavy atom. The lowest BCUT2D eigenvalue weighted by atomic mass is 10.1. The van der Waals surface area contributed by atoms with E-state index in [0.717, 1.165) is 39.1 Å². The molecule has 13 heavy (non-hydrogen) atoms. The van der Waals surface area contributed by atoms with Crippen molar-refractivity contribution in [3.8, 4) is 0 Å². The van der Waals surface area contributed by atoms with Gasteiger partial charge in [0.2, 0.25) is 0 Å². The summed E-state index contributed by atoms with van der Waals surface area (Å²) in [6, 6.07) is 0.209. The molecule has 76 valence electrons. The van der Waals surface area contributed by atoms with Gasteiger partial charge in [0.1, 0.15) is 6.67 Å². The molecule has 2 aliphatic rings. The molecule has 0 spiro atoms. The summed E-state index contributed by atoms with van der Waals surface area (Å²) >= 11 is 0. The fourth-order valence-corrected chi connectivity index (χ4v) is 2.37. The van der Waals surface area contributed by atoms with Gasteiger partial charge in [0.15, 0.2) is 0 Å². The Balaban J connectivity index is 1.79. The summed E-state index contributed by atoms with van der Waals surface area (Å²) in [7, 11) is 0. The maximum absolute atomic E-state index is 12.5. The van der Waals surface area contributed by atoms with Gasteiger partial charge in [-0.05, 0) is 31.7 Å². The van der Waals surface area contributed by atoms with Gasteiger partial charge in [0.05, 0.1) is 6.61 Å². The molecule has 2 fully saturated rings. The fraction of sp³-hybridized carbons (Fsp3) is 1.00. The number of halogens is 1. The van der Waals surface area contributed by atoms with E-state index >= 15 is 0 Å². The minimum atomic E-state index is -0.173. The monoisotopic (exact) mass is 187 g/mol. The molecule has 2 nitrogen and oxygen atoms in total. The Morgan fingerprint density at radius 2 is 2.31 bits per heavy atom. The predicted octanol–water partition coefficient (Wildman–Crippen LogP) is 1.46. The van der Waals surface area contributed by atoms with Crippen LogP contribution in [0.3, 0.4) is 0 Å². The molecule has 0 aromatic heterocycles. The van der Waals surface area contributed by atoms with E-state index in [1.807, 2.05) is 0 Å². The number of alkyl halides is 1. The van der Waals surface area contributed by atoms with Crippen LogP contribution in [0.5, 0.6) is 0 Å². The number of hydrogen-bond donors (Lipinski definition) is 0. The molecular weight excluding hydrogens is 169 g/mol. The van der Waals surface area contributed by atoms with Crippen LogP contribution < -0.4 is 0 Å². The van der Waals surface area contributed by atoms with Crippen LogP contribution in [0.2, 0.25) is 0 Å². The minimum absolute atomic E-state index is 0.173. The van der Waals surface area contributed by atoms with E-state index in [9.17, 15) is 4.39 Å². The summed E-state index contributed by atoms with van der Waals surface area (Å²) in [5.74, 6) is 0.659. The first-order chi connectivity index (χ1) is 6.40. The number of likely N-dealkylation sites (tertiary alicyclic amines) is 1. The molecule has 0 aromatic carbocycles. The average Bonchev–Trinajstić information content (AvgIpc) is 2.76. The number of ether oxygens (including phenoxy) is 1. The van der Waals surface area contributed by atoms with E-state index in [-0.39, 0.29) is 12.7 Å². The van der Waals surface area contributed by atoms with Crippen LogP contribution in [-0.4, -0.2) is 43.9 Å². The SMILES string of the molecule is FCC1CCCN1CC1CCOC1. The zero-order valence-electron chi connectivity index (χ0n) is 8.04. The Kier molecular flexibility index (Phi) is 3.17. The third-order valence-electron chi connectivity index (χ3n) is 3.19. The van der Waals surface area contributed by atoms with Crippen molar-refractivity contribution < 1.29 is 9.13 Å². The van der Waals surface area contributed by atoms with Crippen LogP contribution >= 0.6 is 0 Å². The third kappa shape index (κ3) is 2.20. The number of rotatable bonds is 3. The number of hydrogen-bond acceptors (Lipinski definition) is 2. The lowest BCUT2D eigenvalue weighted by Crippen LogP contribution is -2.35. The summed E-state index contributed by atoms with van der Waals surface area (Å²) in [6.07, 6.45) is 3.38. The standard InChI is InChI=1S/C10H18FNO/c11-6-10-2-1-4-12(10)7-9-3-5-13-8-9/h9-10H,1-8H2. The van der Waals surface area contributed by atoms with Crippen molar-refractivity contribution in [1.82, 2.24) is 4.90 Å². The van der Waals surface area contributed by atoms with Gasteiger partial charge >= 0.3 is 0 Å². The van der Waals surface area contributed by atoms with Gasteiger partial charge in [-0.3, -0.25) is 4.90 Å². The van der Waals surface area contributed by atoms with Gasteiger partial charge in [-0.15, -0.1) is 0 Å². The van der Waals surface area contributed by atoms with Crippen LogP contribution in [0.25, 0.3) is 0 Å². The highest BCUT2D eigenvalue weighted by atomic mass is 19.1. The molecule has 0 amide bonds. The molecule has 0 aromatic rings. The van der Waals surface area contributed by atoms with Gasteiger partial charge in [-0.25, -0.2) is 4.39 Å². The molecule has 0 N–H and O–H groups in total. The molecule has 3 heteroatoms. The van der Waals surface area contributed by atoms with Crippen molar-refractivity contribution in [3.05, 3.63) is 0 Å². The van der Waals surface area contributed by atoms with E-state index in [1.165, 1.54) is 6.42 Å². The third-order valence-corrected chi connectivity index (χ3v) is 3.19. The second-order valence-corrected chi connectivity index (χ2v) is 4.17. The van der Waals surface area contributed by atoms with Gasteiger partial charge in [0, 0.05) is 19.2 Å². The minimum Gasteiger partial charge on any atom is -0.381 e. The second kappa shape index (κ2) is 4.38. The van der Waals surface area contributed by atoms with E-state index < -0.39 is 0 Å². The van der Waals surface area contributed by atoms with Crippen molar-refractivity contribution in [1.29, 1.82) is 0 Å². The highest BCUT2D eigenvalue weighted by Gasteiger charge is 2.27. The molecule has 0 radical (unpaired) electrons. The predicted molar refractivity (Wildman–Crippen MR) is 49.5 cm³/mol. The highest BCUT2D eigenvalue weighted by Crippen LogP contribution is 2.22. The Bertz CT molecular complexity index is 159. The van der Waals surface area contributed by atoms with Crippen molar-refractivity contribution in [3.63, 3.8) is 0 Å². The smallest absolute Gasteiger partial charge is 0.105 e. The maximum atomic E-state index is 12.5. The van der Waals surface area contributed by atoms with Crippen molar-refractivity contribution in [2.75, 3.05) is 33.0 Å². The van der Waals surface area contributed by atoms with Crippen LogP contribution in [0.4, 0.5) is 4.39 Å². The normalized spacial score (nSPS) is 35.8. The first kappa shape index (κ1) is 9.41. The van der Waals surface area contributed by atoms with Crippen molar-refractivity contribution >= 4 is 0 Å². The zero-order chi connectivity index (χ0) is 9.10. The van der Waals surface area contributed by atoms with Gasteiger partial charge in [-0.1, -0.05) is 0 Å². The van der Waals surface area contributed by atoms with E-state index in [1.54, 1.807) is 0 Å². The molecule has 2 heterocycles. The topological polar surface area (TPSA) is 12.5 Å². The summed E-state index contributed by atoms with van der Waals surface area (Å²) in [6.45, 7) is 3.75. The molecule has 0 bridgehead atoms. The average molecular weight is 187 g/mol. The van der Waals surface area contributed by atoms with Gasteiger partial charge in [0.25, 0.3) is 0 Å². The van der Waals surface area contributed by atoms with Crippen molar-refractivity contribution in [2.45, 2.75) is 25.3 Å². The molecule has 2 saturated heterocycles. The Labute approximate surface area is 79.1 Å². The zero-order valence-corrected chi connectivity index (χ0v) is 8.04. The molecule has 2 rings (SSSR count). The Morgan fingerprint density at radius 1 is 1.38 bits per heavy atom. The van der Waals surface area contributed by atoms with Gasteiger partial charge in [-0.2, -0.15) is 0 Å². The first-order valence-corrected chi connectivity index (χ1v) is 5.28. The fourth-order valence-electron chi connectivity index (χ4n) is 2.37. The van der Waals surface area contributed by atoms with Crippen LogP contribution in [0.1, 0.15) is 19.3 Å². The quantitative estimate of drug-likeness (QED) is 0.663. The maximum Gasteiger partial charge on any atom is 0.105 e. The lowest BCUT2D eigenvalue weighted by molar-refractivity contribution is 0.153. The summed E-state index contributed by atoms with van der Waals surface area (Å²) in [5, 5.41) is 0. The summed E-state index contributed by atoms with van der Waals surface area (Å²) in [4.78, 5) is 2.30. The Hall–Kier alpha value is -0.150. The molecule has 0 aliphatic carbocycles. The van der Waals surface area contributed by atoms with E-state index in [2.05, 4.69) is 4.90 Å². The van der Waals surface area contributed by atoms with E-state index in [4.69, 9.17) is 4.74 Å². The largest absolute Gasteiger partial charge is 0.381 e. The van der Waals surface area contributed by atoms with Crippen LogP contribution in [0.15, 0.2) is 0 Å². The van der Waals surface area contributed by atoms with Crippen LogP contribution in [0, 0.1) is 5.92 Å². The first-order valence-electron chi connectivity index (χ1n) is 5.28. The second-order valence-electron chi connectivity index (χ2n) is 4.17. The number of nitrogens with zero attached hydrogens (tertiary/aromatic N) is 1. The molecular formula is C10H18FNO. The van der Waals surface area contributed by atoms with Crippen molar-refractivity contribution in [2.24, 2.45) is 5.92 Å². The van der Waals surface area contributed by atoms with E-state index in [0.29, 0.717) is 5.92 Å². The lowest BCUT2D eigenvalue weighted by Gasteiger charge is -2.24. The summed E-state index contributed by atoms with van der Waals surface area (Å²) < 4.78 is 17.9. The molecule has 0 saturated carbocycles. The van der Waals surface area contributed by atoms with Crippen LogP contribution in [-0.2, 0) is 4.74 Å². The van der Waals surface area contributed by atoms with Gasteiger partial charge < -0.3 is 4.74 Å². The molecule has 2 unspecified atom stereocenters. The molecule has 2 atom stereocenters.